The summed E-state index contributed by atoms with van der Waals surface area (Å²) in [6.45, 7) is 14.7. The monoisotopic (exact) mass is 261 g/mol. The molecule has 102 valence electrons. The number of hydrogen-bond donors (Lipinski definition) is 1. The molecular weight excluding hydrogens is 234 g/mol. The Labute approximate surface area is 106 Å². The molecule has 0 aromatic carbocycles. The van der Waals surface area contributed by atoms with Crippen molar-refractivity contribution in [3.8, 4) is 0 Å². The zero-order chi connectivity index (χ0) is 13.7. The summed E-state index contributed by atoms with van der Waals surface area (Å²) in [4.78, 5) is 0. The summed E-state index contributed by atoms with van der Waals surface area (Å²) in [6.07, 6.45) is 0. The van der Waals surface area contributed by atoms with Crippen molar-refractivity contribution >= 4 is 9.84 Å². The maximum atomic E-state index is 11.9. The van der Waals surface area contributed by atoms with Crippen LogP contribution in [0, 0.1) is 10.8 Å². The van der Waals surface area contributed by atoms with Gasteiger partial charge < -0.3 is 5.32 Å². The van der Waals surface area contributed by atoms with Crippen LogP contribution in [-0.4, -0.2) is 31.5 Å². The third kappa shape index (κ3) is 2.53. The first kappa shape index (κ1) is 15.0. The quantitative estimate of drug-likeness (QED) is 0.844. The molecule has 0 amide bonds. The molecule has 4 heteroatoms. The molecule has 17 heavy (non-hydrogen) atoms. The largest absolute Gasteiger partial charge is 0.312 e. The van der Waals surface area contributed by atoms with Gasteiger partial charge in [0.2, 0.25) is 0 Å². The van der Waals surface area contributed by atoms with Crippen LogP contribution in [0.1, 0.15) is 48.5 Å². The number of nitrogens with one attached hydrogen (secondary N) is 1. The summed E-state index contributed by atoms with van der Waals surface area (Å²) < 4.78 is 23.2. The van der Waals surface area contributed by atoms with Gasteiger partial charge in [0, 0.05) is 12.6 Å². The highest BCUT2D eigenvalue weighted by atomic mass is 32.2. The summed E-state index contributed by atoms with van der Waals surface area (Å²) in [5.41, 5.74) is 0.525. The third-order valence-corrected chi connectivity index (χ3v) is 7.28. The molecular formula is C13H27NO2S. The predicted octanol–water partition coefficient (Wildman–Crippen LogP) is 2.22. The molecule has 1 fully saturated rings. The van der Waals surface area contributed by atoms with Gasteiger partial charge in [0.05, 0.1) is 10.5 Å². The number of sulfone groups is 1. The van der Waals surface area contributed by atoms with Crippen molar-refractivity contribution in [1.29, 1.82) is 0 Å². The van der Waals surface area contributed by atoms with Crippen molar-refractivity contribution in [2.75, 3.05) is 12.3 Å². The maximum Gasteiger partial charge on any atom is 0.156 e. The van der Waals surface area contributed by atoms with Gasteiger partial charge in [-0.05, 0) is 31.6 Å². The van der Waals surface area contributed by atoms with Gasteiger partial charge in [0.1, 0.15) is 0 Å². The molecule has 0 saturated heterocycles. The van der Waals surface area contributed by atoms with Crippen LogP contribution in [0.15, 0.2) is 0 Å². The second-order valence-electron chi connectivity index (χ2n) is 7.26. The Morgan fingerprint density at radius 3 is 1.76 bits per heavy atom. The van der Waals surface area contributed by atoms with Gasteiger partial charge in [0.25, 0.3) is 0 Å². The minimum Gasteiger partial charge on any atom is -0.312 e. The first-order valence-corrected chi connectivity index (χ1v) is 7.95. The van der Waals surface area contributed by atoms with Crippen LogP contribution in [0.25, 0.3) is 0 Å². The van der Waals surface area contributed by atoms with Gasteiger partial charge in [-0.2, -0.15) is 0 Å². The SMILES string of the molecule is CC1(C)C(NCCS(=O)(=O)C(C)(C)C)C1(C)C. The molecule has 1 aliphatic rings. The normalized spacial score (nSPS) is 23.7. The zero-order valence-electron chi connectivity index (χ0n) is 12.2. The predicted molar refractivity (Wildman–Crippen MR) is 72.9 cm³/mol. The van der Waals surface area contributed by atoms with E-state index in [1.807, 2.05) is 0 Å². The lowest BCUT2D eigenvalue weighted by atomic mass is 10.0. The molecule has 0 bridgehead atoms. The van der Waals surface area contributed by atoms with Gasteiger partial charge in [0.15, 0.2) is 9.84 Å². The Morgan fingerprint density at radius 2 is 1.47 bits per heavy atom. The standard InChI is InChI=1S/C13H27NO2S/c1-11(2,3)17(15,16)9-8-14-10-12(4,5)13(10,6)7/h10,14H,8-9H2,1-7H3. The van der Waals surface area contributed by atoms with E-state index >= 15 is 0 Å². The molecule has 1 N–H and O–H groups in total. The lowest BCUT2D eigenvalue weighted by molar-refractivity contribution is 0.457. The summed E-state index contributed by atoms with van der Waals surface area (Å²) >= 11 is 0. The van der Waals surface area contributed by atoms with E-state index in [4.69, 9.17) is 0 Å². The minimum absolute atomic E-state index is 0.221. The van der Waals surface area contributed by atoms with Crippen molar-refractivity contribution in [3.63, 3.8) is 0 Å². The summed E-state index contributed by atoms with van der Waals surface area (Å²) in [6, 6.07) is 0.421. The van der Waals surface area contributed by atoms with E-state index in [2.05, 4.69) is 33.0 Å². The van der Waals surface area contributed by atoms with Crippen LogP contribution in [0.2, 0.25) is 0 Å². The Bertz CT molecular complexity index is 374. The maximum absolute atomic E-state index is 11.9. The fourth-order valence-electron chi connectivity index (χ4n) is 2.35. The molecule has 3 nitrogen and oxygen atoms in total. The smallest absolute Gasteiger partial charge is 0.156 e. The summed E-state index contributed by atoms with van der Waals surface area (Å²) in [5, 5.41) is 3.39. The molecule has 0 aliphatic heterocycles. The van der Waals surface area contributed by atoms with E-state index in [9.17, 15) is 8.42 Å². The van der Waals surface area contributed by atoms with Crippen LogP contribution >= 0.6 is 0 Å². The molecule has 0 aromatic heterocycles. The first-order valence-electron chi connectivity index (χ1n) is 6.30. The van der Waals surface area contributed by atoms with Gasteiger partial charge >= 0.3 is 0 Å². The lowest BCUT2D eigenvalue weighted by Crippen LogP contribution is -2.36. The zero-order valence-corrected chi connectivity index (χ0v) is 13.0. The molecule has 1 rings (SSSR count). The molecule has 0 atom stereocenters. The van der Waals surface area contributed by atoms with Crippen LogP contribution < -0.4 is 5.32 Å². The summed E-state index contributed by atoms with van der Waals surface area (Å²) in [7, 11) is -3.00. The molecule has 0 radical (unpaired) electrons. The van der Waals surface area contributed by atoms with E-state index in [0.717, 1.165) is 0 Å². The van der Waals surface area contributed by atoms with Crippen molar-refractivity contribution in [2.45, 2.75) is 59.3 Å². The molecule has 1 aliphatic carbocycles. The van der Waals surface area contributed by atoms with E-state index in [0.29, 0.717) is 12.6 Å². The highest BCUT2D eigenvalue weighted by molar-refractivity contribution is 7.92. The topological polar surface area (TPSA) is 46.2 Å². The second-order valence-corrected chi connectivity index (χ2v) is 10.1. The Balaban J connectivity index is 2.47. The number of rotatable bonds is 4. The van der Waals surface area contributed by atoms with Crippen molar-refractivity contribution in [2.24, 2.45) is 10.8 Å². The van der Waals surface area contributed by atoms with Crippen LogP contribution in [0.3, 0.4) is 0 Å². The van der Waals surface area contributed by atoms with Crippen LogP contribution in [0.5, 0.6) is 0 Å². The average molecular weight is 261 g/mol. The van der Waals surface area contributed by atoms with E-state index < -0.39 is 14.6 Å². The molecule has 0 aromatic rings. The lowest BCUT2D eigenvalue weighted by Gasteiger charge is -2.19. The average Bonchev–Trinajstić information content (AvgIpc) is 2.45. The fourth-order valence-corrected chi connectivity index (χ4v) is 3.35. The molecule has 0 spiro atoms. The van der Waals surface area contributed by atoms with Gasteiger partial charge in [-0.15, -0.1) is 0 Å². The van der Waals surface area contributed by atoms with Gasteiger partial charge in [-0.1, -0.05) is 27.7 Å². The van der Waals surface area contributed by atoms with Gasteiger partial charge in [-0.3, -0.25) is 0 Å². The van der Waals surface area contributed by atoms with Crippen molar-refractivity contribution in [3.05, 3.63) is 0 Å². The highest BCUT2D eigenvalue weighted by Gasteiger charge is 2.64. The van der Waals surface area contributed by atoms with E-state index in [1.165, 1.54) is 0 Å². The molecule has 0 heterocycles. The Morgan fingerprint density at radius 1 is 1.06 bits per heavy atom. The van der Waals surface area contributed by atoms with Crippen molar-refractivity contribution in [1.82, 2.24) is 5.32 Å². The molecule has 1 saturated carbocycles. The third-order valence-electron chi connectivity index (χ3n) is 4.67. The molecule has 0 unspecified atom stereocenters. The fraction of sp³-hybridized carbons (Fsp3) is 1.00. The second kappa shape index (κ2) is 3.95. The van der Waals surface area contributed by atoms with Gasteiger partial charge in [-0.25, -0.2) is 8.42 Å². The summed E-state index contributed by atoms with van der Waals surface area (Å²) in [5.74, 6) is 0.221. The van der Waals surface area contributed by atoms with E-state index in [1.54, 1.807) is 20.8 Å². The van der Waals surface area contributed by atoms with Crippen LogP contribution in [0.4, 0.5) is 0 Å². The van der Waals surface area contributed by atoms with Crippen molar-refractivity contribution < 1.29 is 8.42 Å². The Hall–Kier alpha value is -0.0900. The highest BCUT2D eigenvalue weighted by Crippen LogP contribution is 2.62. The van der Waals surface area contributed by atoms with E-state index in [-0.39, 0.29) is 16.6 Å². The number of hydrogen-bond acceptors (Lipinski definition) is 3. The van der Waals surface area contributed by atoms with Crippen LogP contribution in [-0.2, 0) is 9.84 Å². The first-order chi connectivity index (χ1) is 7.34. The minimum atomic E-state index is -3.00. The Kier molecular flexibility index (Phi) is 3.48.